The molecule has 4 nitrogen and oxygen atoms in total. The van der Waals surface area contributed by atoms with Crippen molar-refractivity contribution in [2.45, 2.75) is 6.92 Å². The van der Waals surface area contributed by atoms with E-state index in [1.165, 1.54) is 0 Å². The lowest BCUT2D eigenvalue weighted by Crippen LogP contribution is -2.07. The molecule has 2 aromatic carbocycles. The van der Waals surface area contributed by atoms with E-state index in [9.17, 15) is 9.59 Å². The number of hydrogen-bond donors (Lipinski definition) is 0. The number of carbonyl (C=O) groups is 2. The van der Waals surface area contributed by atoms with Crippen molar-refractivity contribution in [2.24, 2.45) is 0 Å². The minimum atomic E-state index is -0.499. The molecule has 0 saturated heterocycles. The summed E-state index contributed by atoms with van der Waals surface area (Å²) in [6.07, 6.45) is 1.11. The predicted octanol–water partition coefficient (Wildman–Crippen LogP) is 3.93. The molecule has 0 saturated carbocycles. The van der Waals surface area contributed by atoms with Crippen LogP contribution in [0.3, 0.4) is 0 Å². The quantitative estimate of drug-likeness (QED) is 0.477. The van der Waals surface area contributed by atoms with Gasteiger partial charge in [-0.25, -0.2) is 9.59 Å². The van der Waals surface area contributed by atoms with E-state index in [1.807, 2.05) is 24.3 Å². The highest BCUT2D eigenvalue weighted by Gasteiger charge is 2.06. The van der Waals surface area contributed by atoms with Crippen LogP contribution in [0.25, 0.3) is 11.1 Å². The van der Waals surface area contributed by atoms with Crippen LogP contribution in [0.15, 0.2) is 73.3 Å². The Bertz CT molecular complexity index is 740. The fourth-order valence-corrected chi connectivity index (χ4v) is 1.78. The summed E-state index contributed by atoms with van der Waals surface area (Å²) >= 11 is 0. The Morgan fingerprint density at radius 3 is 1.70 bits per heavy atom. The third-order valence-electron chi connectivity index (χ3n) is 2.99. The van der Waals surface area contributed by atoms with Gasteiger partial charge in [-0.1, -0.05) is 37.4 Å². The van der Waals surface area contributed by atoms with Gasteiger partial charge < -0.3 is 9.47 Å². The lowest BCUT2D eigenvalue weighted by Gasteiger charge is -2.07. The van der Waals surface area contributed by atoms with Gasteiger partial charge in [0.05, 0.1) is 0 Å². The molecule has 4 heteroatoms. The SMILES string of the molecule is C=CC(=O)Oc1ccc(-c2ccc(OC(=O)C(=C)C)cc2)cc1. The maximum absolute atomic E-state index is 11.4. The van der Waals surface area contributed by atoms with Crippen molar-refractivity contribution in [1.29, 1.82) is 0 Å². The predicted molar refractivity (Wildman–Crippen MR) is 88.2 cm³/mol. The highest BCUT2D eigenvalue weighted by molar-refractivity contribution is 5.88. The Balaban J connectivity index is 2.10. The first-order valence-electron chi connectivity index (χ1n) is 6.92. The zero-order chi connectivity index (χ0) is 16.8. The number of benzene rings is 2. The third-order valence-corrected chi connectivity index (χ3v) is 2.99. The van der Waals surface area contributed by atoms with Gasteiger partial charge in [-0.2, -0.15) is 0 Å². The van der Waals surface area contributed by atoms with Crippen LogP contribution in [0.4, 0.5) is 0 Å². The van der Waals surface area contributed by atoms with E-state index < -0.39 is 11.9 Å². The second-order valence-electron chi connectivity index (χ2n) is 4.84. The van der Waals surface area contributed by atoms with Gasteiger partial charge in [-0.05, 0) is 42.3 Å². The summed E-state index contributed by atoms with van der Waals surface area (Å²) in [5, 5.41) is 0. The summed E-state index contributed by atoms with van der Waals surface area (Å²) in [5.41, 5.74) is 2.24. The number of rotatable bonds is 5. The first kappa shape index (κ1) is 16.2. The molecular weight excluding hydrogens is 292 g/mol. The average Bonchev–Trinajstić information content (AvgIpc) is 2.56. The molecule has 0 heterocycles. The van der Waals surface area contributed by atoms with E-state index >= 15 is 0 Å². The van der Waals surface area contributed by atoms with Gasteiger partial charge in [-0.15, -0.1) is 0 Å². The molecule has 0 amide bonds. The number of carbonyl (C=O) groups excluding carboxylic acids is 2. The van der Waals surface area contributed by atoms with E-state index in [4.69, 9.17) is 9.47 Å². The van der Waals surface area contributed by atoms with Crippen LogP contribution in [-0.2, 0) is 9.59 Å². The van der Waals surface area contributed by atoms with Gasteiger partial charge in [0.1, 0.15) is 11.5 Å². The Labute approximate surface area is 134 Å². The number of esters is 2. The highest BCUT2D eigenvalue weighted by atomic mass is 16.5. The first-order chi connectivity index (χ1) is 11.0. The molecule has 0 unspecified atom stereocenters. The van der Waals surface area contributed by atoms with Crippen LogP contribution in [0.2, 0.25) is 0 Å². The maximum atomic E-state index is 11.4. The van der Waals surface area contributed by atoms with Gasteiger partial charge in [0.25, 0.3) is 0 Å². The zero-order valence-electron chi connectivity index (χ0n) is 12.7. The van der Waals surface area contributed by atoms with Gasteiger partial charge >= 0.3 is 11.9 Å². The zero-order valence-corrected chi connectivity index (χ0v) is 12.7. The van der Waals surface area contributed by atoms with E-state index in [0.717, 1.165) is 17.2 Å². The summed E-state index contributed by atoms with van der Waals surface area (Å²) in [6, 6.07) is 14.2. The summed E-state index contributed by atoms with van der Waals surface area (Å²) in [6.45, 7) is 8.47. The molecule has 2 aromatic rings. The molecule has 0 radical (unpaired) electrons. The van der Waals surface area contributed by atoms with Crippen molar-refractivity contribution < 1.29 is 19.1 Å². The van der Waals surface area contributed by atoms with E-state index in [1.54, 1.807) is 31.2 Å². The van der Waals surface area contributed by atoms with Crippen LogP contribution in [0, 0.1) is 0 Å². The Hall–Kier alpha value is -3.14. The molecule has 0 bridgehead atoms. The topological polar surface area (TPSA) is 52.6 Å². The van der Waals surface area contributed by atoms with E-state index in [-0.39, 0.29) is 0 Å². The Kier molecular flexibility index (Phi) is 5.10. The standard InChI is InChI=1S/C19H16O4/c1-4-18(20)22-16-9-5-14(6-10-16)15-7-11-17(12-8-15)23-19(21)13(2)3/h4-12H,1-2H2,3H3. The average molecular weight is 308 g/mol. The molecule has 0 aliphatic carbocycles. The molecule has 0 N–H and O–H groups in total. The molecule has 0 atom stereocenters. The number of hydrogen-bond acceptors (Lipinski definition) is 4. The van der Waals surface area contributed by atoms with Crippen LogP contribution in [0.1, 0.15) is 6.92 Å². The summed E-state index contributed by atoms with van der Waals surface area (Å²) < 4.78 is 10.2. The Morgan fingerprint density at radius 2 is 1.30 bits per heavy atom. The van der Waals surface area contributed by atoms with Gasteiger partial charge in [0.2, 0.25) is 0 Å². The van der Waals surface area contributed by atoms with Crippen LogP contribution >= 0.6 is 0 Å². The van der Waals surface area contributed by atoms with Gasteiger partial charge in [0.15, 0.2) is 0 Å². The van der Waals surface area contributed by atoms with E-state index in [2.05, 4.69) is 13.2 Å². The number of ether oxygens (including phenoxy) is 2. The van der Waals surface area contributed by atoms with Crippen molar-refractivity contribution >= 4 is 11.9 Å². The second-order valence-corrected chi connectivity index (χ2v) is 4.84. The molecule has 2 rings (SSSR count). The molecule has 0 aliphatic rings. The smallest absolute Gasteiger partial charge is 0.338 e. The Morgan fingerprint density at radius 1 is 0.870 bits per heavy atom. The lowest BCUT2D eigenvalue weighted by atomic mass is 10.1. The molecule has 0 spiro atoms. The van der Waals surface area contributed by atoms with Crippen LogP contribution in [0.5, 0.6) is 11.5 Å². The molecule has 0 fully saturated rings. The van der Waals surface area contributed by atoms with Crippen molar-refractivity contribution in [3.63, 3.8) is 0 Å². The second kappa shape index (κ2) is 7.22. The monoisotopic (exact) mass is 308 g/mol. The third kappa shape index (κ3) is 4.41. The molecular formula is C19H16O4. The lowest BCUT2D eigenvalue weighted by molar-refractivity contribution is -0.130. The minimum Gasteiger partial charge on any atom is -0.423 e. The molecule has 23 heavy (non-hydrogen) atoms. The first-order valence-corrected chi connectivity index (χ1v) is 6.92. The normalized spacial score (nSPS) is 9.78. The summed E-state index contributed by atoms with van der Waals surface area (Å²) in [7, 11) is 0. The van der Waals surface area contributed by atoms with Crippen LogP contribution in [-0.4, -0.2) is 11.9 Å². The summed E-state index contributed by atoms with van der Waals surface area (Å²) in [5.74, 6) is -0.0449. The van der Waals surface area contributed by atoms with Crippen LogP contribution < -0.4 is 9.47 Å². The fraction of sp³-hybridized carbons (Fsp3) is 0.0526. The van der Waals surface area contributed by atoms with Gasteiger partial charge in [0, 0.05) is 11.6 Å². The van der Waals surface area contributed by atoms with Gasteiger partial charge in [-0.3, -0.25) is 0 Å². The largest absolute Gasteiger partial charge is 0.423 e. The van der Waals surface area contributed by atoms with Crippen molar-refractivity contribution in [1.82, 2.24) is 0 Å². The fourth-order valence-electron chi connectivity index (χ4n) is 1.78. The maximum Gasteiger partial charge on any atom is 0.338 e. The highest BCUT2D eigenvalue weighted by Crippen LogP contribution is 2.25. The molecule has 0 aromatic heterocycles. The minimum absolute atomic E-state index is 0.346. The molecule has 116 valence electrons. The van der Waals surface area contributed by atoms with Crippen molar-refractivity contribution in [3.8, 4) is 22.6 Å². The molecule has 0 aliphatic heterocycles. The van der Waals surface area contributed by atoms with E-state index in [0.29, 0.717) is 17.1 Å². The summed E-state index contributed by atoms with van der Waals surface area (Å²) in [4.78, 5) is 22.6. The van der Waals surface area contributed by atoms with Crippen molar-refractivity contribution in [2.75, 3.05) is 0 Å². The van der Waals surface area contributed by atoms with Crippen molar-refractivity contribution in [3.05, 3.63) is 73.3 Å².